The summed E-state index contributed by atoms with van der Waals surface area (Å²) in [5.74, 6) is -0.700. The molecule has 120 valence electrons. The molecule has 0 aromatic carbocycles. The first-order valence-corrected chi connectivity index (χ1v) is 8.23. The molecule has 8 heteroatoms. The van der Waals surface area contributed by atoms with Crippen LogP contribution >= 0.6 is 36.0 Å². The van der Waals surface area contributed by atoms with Crippen molar-refractivity contribution in [3.05, 3.63) is 22.9 Å². The van der Waals surface area contributed by atoms with Crippen LogP contribution < -0.4 is 10.7 Å². The number of halogens is 1. The van der Waals surface area contributed by atoms with E-state index in [-0.39, 0.29) is 18.3 Å². The second-order valence-corrected chi connectivity index (χ2v) is 6.29. The Bertz CT molecular complexity index is 542. The SMILES string of the molecule is COC(=O)CC1C(=S)C(NC(=S)N2CCCCN2)=CC=C1Cl. The van der Waals surface area contributed by atoms with E-state index in [1.165, 1.54) is 7.11 Å². The van der Waals surface area contributed by atoms with Gasteiger partial charge in [0, 0.05) is 28.9 Å². The smallest absolute Gasteiger partial charge is 0.306 e. The molecule has 1 heterocycles. The predicted octanol–water partition coefficient (Wildman–Crippen LogP) is 2.03. The lowest BCUT2D eigenvalue weighted by Gasteiger charge is -2.31. The molecule has 22 heavy (non-hydrogen) atoms. The first kappa shape index (κ1) is 17.3. The van der Waals surface area contributed by atoms with Gasteiger partial charge in [0.15, 0.2) is 5.11 Å². The van der Waals surface area contributed by atoms with Gasteiger partial charge in [-0.25, -0.2) is 5.43 Å². The number of methoxy groups -OCH3 is 1. The zero-order valence-corrected chi connectivity index (χ0v) is 14.6. The molecule has 0 aromatic rings. The van der Waals surface area contributed by atoms with Gasteiger partial charge in [-0.2, -0.15) is 0 Å². The van der Waals surface area contributed by atoms with Crippen molar-refractivity contribution in [2.75, 3.05) is 20.2 Å². The van der Waals surface area contributed by atoms with Gasteiger partial charge >= 0.3 is 5.97 Å². The van der Waals surface area contributed by atoms with Crippen LogP contribution in [0.2, 0.25) is 0 Å². The summed E-state index contributed by atoms with van der Waals surface area (Å²) in [4.78, 5) is 12.1. The number of nitrogens with zero attached hydrogens (tertiary/aromatic N) is 1. The van der Waals surface area contributed by atoms with Crippen LogP contribution in [0, 0.1) is 5.92 Å². The monoisotopic (exact) mass is 359 g/mol. The normalized spacial score (nSPS) is 21.8. The Morgan fingerprint density at radius 1 is 1.55 bits per heavy atom. The lowest BCUT2D eigenvalue weighted by atomic mass is 9.94. The fourth-order valence-corrected chi connectivity index (χ4v) is 3.17. The summed E-state index contributed by atoms with van der Waals surface area (Å²) in [6.45, 7) is 1.76. The molecule has 1 unspecified atom stereocenters. The van der Waals surface area contributed by atoms with Crippen LogP contribution in [-0.4, -0.2) is 41.2 Å². The van der Waals surface area contributed by atoms with Crippen molar-refractivity contribution in [1.82, 2.24) is 15.8 Å². The molecule has 1 aliphatic heterocycles. The topological polar surface area (TPSA) is 53.6 Å². The Labute approximate surface area is 145 Å². The van der Waals surface area contributed by atoms with Crippen molar-refractivity contribution in [2.45, 2.75) is 19.3 Å². The Hall–Kier alpha value is -1.02. The molecule has 1 fully saturated rings. The summed E-state index contributed by atoms with van der Waals surface area (Å²) in [6.07, 6.45) is 5.88. The second-order valence-electron chi connectivity index (χ2n) is 5.03. The number of hydrogen-bond acceptors (Lipinski definition) is 5. The van der Waals surface area contributed by atoms with Gasteiger partial charge in [-0.3, -0.25) is 9.80 Å². The molecule has 0 spiro atoms. The number of carbonyl (C=O) groups is 1. The lowest BCUT2D eigenvalue weighted by molar-refractivity contribution is -0.140. The molecular weight excluding hydrogens is 342 g/mol. The highest BCUT2D eigenvalue weighted by molar-refractivity contribution is 7.81. The number of hydrazine groups is 1. The van der Waals surface area contributed by atoms with E-state index in [0.717, 1.165) is 25.9 Å². The largest absolute Gasteiger partial charge is 0.469 e. The van der Waals surface area contributed by atoms with Gasteiger partial charge in [0.2, 0.25) is 0 Å². The minimum atomic E-state index is -0.353. The maximum atomic E-state index is 11.5. The zero-order chi connectivity index (χ0) is 16.1. The Balaban J connectivity index is 2.03. The van der Waals surface area contributed by atoms with Crippen molar-refractivity contribution >= 4 is 52.0 Å². The van der Waals surface area contributed by atoms with E-state index >= 15 is 0 Å². The van der Waals surface area contributed by atoms with Gasteiger partial charge in [-0.05, 0) is 37.2 Å². The van der Waals surface area contributed by atoms with Gasteiger partial charge < -0.3 is 10.1 Å². The fourth-order valence-electron chi connectivity index (χ4n) is 2.26. The number of allylic oxidation sites excluding steroid dienone is 4. The van der Waals surface area contributed by atoms with E-state index in [2.05, 4.69) is 10.7 Å². The van der Waals surface area contributed by atoms with Gasteiger partial charge in [0.25, 0.3) is 0 Å². The average molecular weight is 360 g/mol. The van der Waals surface area contributed by atoms with Crippen LogP contribution in [0.25, 0.3) is 0 Å². The highest BCUT2D eigenvalue weighted by Gasteiger charge is 2.28. The molecular formula is C14H18ClN3O2S2. The van der Waals surface area contributed by atoms with Crippen LogP contribution in [0.5, 0.6) is 0 Å². The lowest BCUT2D eigenvalue weighted by Crippen LogP contribution is -2.51. The number of nitrogens with one attached hydrogen (secondary N) is 2. The van der Waals surface area contributed by atoms with Gasteiger partial charge in [0.05, 0.1) is 19.2 Å². The minimum Gasteiger partial charge on any atom is -0.469 e. The van der Waals surface area contributed by atoms with Crippen molar-refractivity contribution in [3.8, 4) is 0 Å². The van der Waals surface area contributed by atoms with Crippen LogP contribution in [0.4, 0.5) is 0 Å². The molecule has 0 amide bonds. The van der Waals surface area contributed by atoms with Gasteiger partial charge in [-0.1, -0.05) is 23.8 Å². The number of thiocarbonyl (C=S) groups is 2. The molecule has 1 saturated heterocycles. The molecule has 0 saturated carbocycles. The zero-order valence-electron chi connectivity index (χ0n) is 12.2. The summed E-state index contributed by atoms with van der Waals surface area (Å²) in [5.41, 5.74) is 3.93. The molecule has 2 aliphatic rings. The molecule has 1 atom stereocenters. The fraction of sp³-hybridized carbons (Fsp3) is 0.500. The van der Waals surface area contributed by atoms with Crippen molar-refractivity contribution in [2.24, 2.45) is 5.92 Å². The van der Waals surface area contributed by atoms with Gasteiger partial charge in [-0.15, -0.1) is 0 Å². The van der Waals surface area contributed by atoms with Crippen LogP contribution in [0.15, 0.2) is 22.9 Å². The number of esters is 1. The highest BCUT2D eigenvalue weighted by atomic mass is 35.5. The molecule has 5 nitrogen and oxygen atoms in total. The predicted molar refractivity (Wildman–Crippen MR) is 94.4 cm³/mol. The summed E-state index contributed by atoms with van der Waals surface area (Å²) < 4.78 is 4.69. The summed E-state index contributed by atoms with van der Waals surface area (Å²) in [7, 11) is 1.35. The number of hydrogen-bond donors (Lipinski definition) is 2. The van der Waals surface area contributed by atoms with Gasteiger partial charge in [0.1, 0.15) is 0 Å². The quantitative estimate of drug-likeness (QED) is 0.590. The second kappa shape index (κ2) is 8.01. The average Bonchev–Trinajstić information content (AvgIpc) is 2.54. The molecule has 2 N–H and O–H groups in total. The van der Waals surface area contributed by atoms with Crippen LogP contribution in [0.1, 0.15) is 19.3 Å². The third-order valence-corrected chi connectivity index (χ3v) is 4.74. The summed E-state index contributed by atoms with van der Waals surface area (Å²) in [5, 5.41) is 6.14. The first-order chi connectivity index (χ1) is 10.5. The summed E-state index contributed by atoms with van der Waals surface area (Å²) in [6, 6.07) is 0. The van der Waals surface area contributed by atoms with E-state index in [0.29, 0.717) is 20.7 Å². The maximum absolute atomic E-state index is 11.5. The molecule has 0 bridgehead atoms. The summed E-state index contributed by atoms with van der Waals surface area (Å²) >= 11 is 17.0. The van der Waals surface area contributed by atoms with E-state index in [9.17, 15) is 4.79 Å². The van der Waals surface area contributed by atoms with Crippen molar-refractivity contribution < 1.29 is 9.53 Å². The maximum Gasteiger partial charge on any atom is 0.306 e. The van der Waals surface area contributed by atoms with E-state index in [4.69, 9.17) is 40.8 Å². The number of ether oxygens (including phenoxy) is 1. The molecule has 0 radical (unpaired) electrons. The minimum absolute atomic E-state index is 0.123. The first-order valence-electron chi connectivity index (χ1n) is 7.03. The number of rotatable bonds is 3. The van der Waals surface area contributed by atoms with Crippen molar-refractivity contribution in [3.63, 3.8) is 0 Å². The Kier molecular flexibility index (Phi) is 6.31. The third-order valence-electron chi connectivity index (χ3n) is 3.52. The molecule has 0 aromatic heterocycles. The highest BCUT2D eigenvalue weighted by Crippen LogP contribution is 2.28. The molecule has 2 rings (SSSR count). The van der Waals surface area contributed by atoms with Crippen LogP contribution in [-0.2, 0) is 9.53 Å². The Morgan fingerprint density at radius 3 is 2.95 bits per heavy atom. The van der Waals surface area contributed by atoms with E-state index < -0.39 is 0 Å². The third kappa shape index (κ3) is 4.25. The van der Waals surface area contributed by atoms with E-state index in [1.807, 2.05) is 5.01 Å². The van der Waals surface area contributed by atoms with Crippen LogP contribution in [0.3, 0.4) is 0 Å². The van der Waals surface area contributed by atoms with E-state index in [1.54, 1.807) is 12.2 Å². The Morgan fingerprint density at radius 2 is 2.32 bits per heavy atom. The van der Waals surface area contributed by atoms with Crippen molar-refractivity contribution in [1.29, 1.82) is 0 Å². The molecule has 1 aliphatic carbocycles. The number of carbonyl (C=O) groups excluding carboxylic acids is 1. The standard InChI is InChI=1S/C14H18ClN3O2S2/c1-20-12(19)8-9-10(15)4-5-11(13(9)21)17-14(22)18-7-3-2-6-16-18/h4-5,9,16H,2-3,6-8H2,1H3,(H,17,22).